The van der Waals surface area contributed by atoms with Gasteiger partial charge in [-0.3, -0.25) is 13.9 Å². The van der Waals surface area contributed by atoms with Gasteiger partial charge in [0.1, 0.15) is 11.2 Å². The van der Waals surface area contributed by atoms with Crippen molar-refractivity contribution >= 4 is 45.7 Å². The lowest BCUT2D eigenvalue weighted by molar-refractivity contribution is -0.0304. The molecule has 1 aliphatic heterocycles. The van der Waals surface area contributed by atoms with Crippen LogP contribution < -0.4 is 26.6 Å². The molecule has 0 spiro atoms. The predicted octanol–water partition coefficient (Wildman–Crippen LogP) is 5.48. The van der Waals surface area contributed by atoms with Gasteiger partial charge in [0.05, 0.1) is 41.2 Å². The van der Waals surface area contributed by atoms with Crippen LogP contribution in [0.1, 0.15) is 42.3 Å². The van der Waals surface area contributed by atoms with E-state index in [1.54, 1.807) is 31.4 Å². The number of alkyl halides is 2. The van der Waals surface area contributed by atoms with Gasteiger partial charge in [-0.2, -0.15) is 0 Å². The van der Waals surface area contributed by atoms with E-state index in [1.165, 1.54) is 14.1 Å². The lowest BCUT2D eigenvalue weighted by atomic mass is 9.99. The SMILES string of the molecule is COc1nc(-c2cccc(-c3cccc(Nc4nc(C(F)F)nc5c4c(=O)n(C)c(=O)n5C)c3Cl)c2Cl)cc2c1C(NC1CCOCC1O)CC2. The normalized spacial score (nSPS) is 18.7. The number of hydrogen-bond acceptors (Lipinski definition) is 10. The molecule has 1 fully saturated rings. The molecule has 1 aliphatic carbocycles. The average Bonchev–Trinajstić information content (AvgIpc) is 3.53. The van der Waals surface area contributed by atoms with E-state index < -0.39 is 29.6 Å². The average molecular weight is 741 g/mol. The van der Waals surface area contributed by atoms with E-state index in [0.29, 0.717) is 52.9 Å². The Morgan fingerprint density at radius 2 is 1.73 bits per heavy atom. The van der Waals surface area contributed by atoms with Crippen molar-refractivity contribution in [2.45, 2.75) is 43.9 Å². The zero-order valence-electron chi connectivity index (χ0n) is 27.7. The number of aromatic nitrogens is 5. The first kappa shape index (κ1) is 35.0. The van der Waals surface area contributed by atoms with Crippen molar-refractivity contribution in [3.8, 4) is 28.3 Å². The molecule has 16 heteroatoms. The van der Waals surface area contributed by atoms with Crippen molar-refractivity contribution in [3.63, 3.8) is 0 Å². The quantitative estimate of drug-likeness (QED) is 0.187. The van der Waals surface area contributed by atoms with E-state index in [4.69, 9.17) is 37.7 Å². The molecule has 7 rings (SSSR count). The minimum atomic E-state index is -3.08. The van der Waals surface area contributed by atoms with E-state index >= 15 is 0 Å². The number of nitrogens with zero attached hydrogens (tertiary/aromatic N) is 5. The lowest BCUT2D eigenvalue weighted by Crippen LogP contribution is -2.47. The Morgan fingerprint density at radius 1 is 1.00 bits per heavy atom. The first-order valence-corrected chi connectivity index (χ1v) is 16.9. The van der Waals surface area contributed by atoms with Crippen LogP contribution in [0.2, 0.25) is 10.0 Å². The van der Waals surface area contributed by atoms with E-state index in [9.17, 15) is 23.5 Å². The van der Waals surface area contributed by atoms with Crippen LogP contribution in [0.4, 0.5) is 20.3 Å². The van der Waals surface area contributed by atoms with Gasteiger partial charge in [0.25, 0.3) is 12.0 Å². The third kappa shape index (κ3) is 6.25. The van der Waals surface area contributed by atoms with Crippen molar-refractivity contribution in [2.75, 3.05) is 25.6 Å². The van der Waals surface area contributed by atoms with Gasteiger partial charge in [-0.1, -0.05) is 53.5 Å². The molecule has 0 bridgehead atoms. The number of benzene rings is 2. The van der Waals surface area contributed by atoms with Gasteiger partial charge >= 0.3 is 5.69 Å². The Hall–Kier alpha value is -4.47. The van der Waals surface area contributed by atoms with Crippen molar-refractivity contribution in [2.24, 2.45) is 14.1 Å². The zero-order chi connectivity index (χ0) is 36.1. The van der Waals surface area contributed by atoms with Crippen LogP contribution in [0.3, 0.4) is 0 Å². The van der Waals surface area contributed by atoms with Crippen LogP contribution in [-0.4, -0.2) is 61.7 Å². The van der Waals surface area contributed by atoms with Gasteiger partial charge in [0.2, 0.25) is 5.88 Å². The molecule has 3 atom stereocenters. The number of aryl methyl sites for hydroxylation is 2. The second kappa shape index (κ2) is 13.9. The van der Waals surface area contributed by atoms with Gasteiger partial charge in [0.15, 0.2) is 11.5 Å². The topological polar surface area (TPSA) is 145 Å². The number of aliphatic hydroxyl groups is 1. The number of anilines is 2. The largest absolute Gasteiger partial charge is 0.481 e. The number of ether oxygens (including phenoxy) is 2. The number of pyridine rings is 1. The summed E-state index contributed by atoms with van der Waals surface area (Å²) in [5.41, 5.74) is 2.83. The van der Waals surface area contributed by atoms with Crippen molar-refractivity contribution in [1.82, 2.24) is 29.4 Å². The fourth-order valence-corrected chi connectivity index (χ4v) is 7.41. The molecule has 0 amide bonds. The van der Waals surface area contributed by atoms with Crippen LogP contribution in [0.25, 0.3) is 33.4 Å². The number of methoxy groups -OCH3 is 1. The molecule has 5 aromatic rings. The molecule has 2 aromatic carbocycles. The lowest BCUT2D eigenvalue weighted by Gasteiger charge is -2.31. The first-order valence-electron chi connectivity index (χ1n) is 16.2. The Bertz CT molecular complexity index is 2300. The smallest absolute Gasteiger partial charge is 0.332 e. The van der Waals surface area contributed by atoms with Gasteiger partial charge in [-0.15, -0.1) is 0 Å². The van der Waals surface area contributed by atoms with Gasteiger partial charge in [-0.05, 0) is 37.0 Å². The first-order chi connectivity index (χ1) is 24.5. The Kier molecular flexibility index (Phi) is 9.54. The highest BCUT2D eigenvalue weighted by molar-refractivity contribution is 6.39. The Balaban J connectivity index is 1.26. The summed E-state index contributed by atoms with van der Waals surface area (Å²) in [6, 6.07) is 12.4. The van der Waals surface area contributed by atoms with Crippen molar-refractivity contribution in [3.05, 3.63) is 90.3 Å². The summed E-state index contributed by atoms with van der Waals surface area (Å²) in [5.74, 6) is -0.635. The summed E-state index contributed by atoms with van der Waals surface area (Å²) < 4.78 is 40.8. The van der Waals surface area contributed by atoms with E-state index in [2.05, 4.69) is 20.6 Å². The van der Waals surface area contributed by atoms with Gasteiger partial charge < -0.3 is 25.2 Å². The van der Waals surface area contributed by atoms with Crippen LogP contribution >= 0.6 is 23.2 Å². The van der Waals surface area contributed by atoms with Crippen molar-refractivity contribution < 1.29 is 23.4 Å². The minimum absolute atomic E-state index is 0.0426. The molecule has 3 unspecified atom stereocenters. The Labute approximate surface area is 300 Å². The molecule has 0 saturated carbocycles. The molecule has 2 aliphatic rings. The molecule has 3 aromatic heterocycles. The van der Waals surface area contributed by atoms with Gasteiger partial charge in [-0.25, -0.2) is 28.5 Å². The fourth-order valence-electron chi connectivity index (χ4n) is 6.81. The molecular weight excluding hydrogens is 707 g/mol. The van der Waals surface area contributed by atoms with Crippen LogP contribution in [-0.2, 0) is 25.3 Å². The summed E-state index contributed by atoms with van der Waals surface area (Å²) in [5, 5.41) is 17.3. The number of nitrogens with one attached hydrogen (secondary N) is 2. The molecule has 4 heterocycles. The molecule has 1 saturated heterocycles. The number of rotatable bonds is 8. The highest BCUT2D eigenvalue weighted by Crippen LogP contribution is 2.44. The molecular formula is C35H33Cl2F2N7O5. The molecule has 266 valence electrons. The maximum atomic E-state index is 13.9. The number of halogens is 4. The third-order valence-electron chi connectivity index (χ3n) is 9.42. The monoisotopic (exact) mass is 739 g/mol. The Morgan fingerprint density at radius 3 is 2.45 bits per heavy atom. The summed E-state index contributed by atoms with van der Waals surface area (Å²) >= 11 is 14.1. The summed E-state index contributed by atoms with van der Waals surface area (Å²) in [7, 11) is 4.18. The third-order valence-corrected chi connectivity index (χ3v) is 10.2. The van der Waals surface area contributed by atoms with Crippen LogP contribution in [0.15, 0.2) is 52.1 Å². The van der Waals surface area contributed by atoms with Crippen molar-refractivity contribution in [1.29, 1.82) is 0 Å². The maximum Gasteiger partial charge on any atom is 0.332 e. The predicted molar refractivity (Wildman–Crippen MR) is 189 cm³/mol. The molecule has 3 N–H and O–H groups in total. The summed E-state index contributed by atoms with van der Waals surface area (Å²) in [4.78, 5) is 38.3. The van der Waals surface area contributed by atoms with Crippen LogP contribution in [0.5, 0.6) is 5.88 Å². The maximum absolute atomic E-state index is 13.9. The molecule has 0 radical (unpaired) electrons. The standard InChI is InChI=1S/C35H33Cl2F2N7O5/c1-45-32-26(34(48)46(2)35(45)49)30(43-31(44-32)29(38)39)41-22-9-5-7-18(28(22)37)17-6-4-8-19(27(17)36)23-14-16-10-11-21(25(16)33(42-23)50-3)40-20-12-13-51-15-24(20)47/h4-9,14,20-21,24,29,40,47H,10-13,15H2,1-3H3,(H,41,43,44). The minimum Gasteiger partial charge on any atom is -0.481 e. The zero-order valence-corrected chi connectivity index (χ0v) is 29.2. The highest BCUT2D eigenvalue weighted by atomic mass is 35.5. The summed E-state index contributed by atoms with van der Waals surface area (Å²) in [6.07, 6.45) is -1.38. The van der Waals surface area contributed by atoms with Gasteiger partial charge in [0, 0.05) is 55.0 Å². The number of aliphatic hydroxyl groups excluding tert-OH is 1. The fraction of sp³-hybridized carbons (Fsp3) is 0.343. The molecule has 12 nitrogen and oxygen atoms in total. The second-order valence-electron chi connectivity index (χ2n) is 12.5. The number of hydrogen-bond donors (Lipinski definition) is 3. The second-order valence-corrected chi connectivity index (χ2v) is 13.2. The van der Waals surface area contributed by atoms with E-state index in [1.807, 2.05) is 18.2 Å². The van der Waals surface area contributed by atoms with Crippen LogP contribution in [0, 0.1) is 0 Å². The van der Waals surface area contributed by atoms with E-state index in [0.717, 1.165) is 33.1 Å². The number of fused-ring (bicyclic) bond motifs is 2. The highest BCUT2D eigenvalue weighted by Gasteiger charge is 2.33. The molecule has 51 heavy (non-hydrogen) atoms. The summed E-state index contributed by atoms with van der Waals surface area (Å²) in [6.45, 7) is 0.877. The van der Waals surface area contributed by atoms with E-state index in [-0.39, 0.29) is 39.6 Å².